The second-order valence-corrected chi connectivity index (χ2v) is 7.89. The molecule has 0 saturated heterocycles. The molecule has 2 aromatic carbocycles. The van der Waals surface area contributed by atoms with Gasteiger partial charge >= 0.3 is 5.97 Å². The van der Waals surface area contributed by atoms with Crippen molar-refractivity contribution in [2.75, 3.05) is 0 Å². The van der Waals surface area contributed by atoms with Crippen LogP contribution in [0.15, 0.2) is 58.3 Å². The van der Waals surface area contributed by atoms with Crippen LogP contribution in [0.25, 0.3) is 0 Å². The summed E-state index contributed by atoms with van der Waals surface area (Å²) in [6, 6.07) is 8.64. The summed E-state index contributed by atoms with van der Waals surface area (Å²) < 4.78 is 31.1. The molecule has 2 aromatic rings. The van der Waals surface area contributed by atoms with Crippen LogP contribution in [0.2, 0.25) is 0 Å². The van der Waals surface area contributed by atoms with E-state index in [4.69, 9.17) is 4.74 Å². The fraction of sp³-hybridized carbons (Fsp3) is 0.250. The number of hydrogen-bond donors (Lipinski definition) is 1. The van der Waals surface area contributed by atoms with Crippen LogP contribution in [-0.4, -0.2) is 19.5 Å². The normalized spacial score (nSPS) is 11.2. The van der Waals surface area contributed by atoms with E-state index in [0.29, 0.717) is 29.7 Å². The maximum Gasteiger partial charge on any atom is 0.338 e. The number of carbonyl (C=O) groups excluding carboxylic acids is 1. The molecular formula is C20H22O5S. The minimum Gasteiger partial charge on any atom is -0.508 e. The smallest absolute Gasteiger partial charge is 0.338 e. The van der Waals surface area contributed by atoms with Crippen molar-refractivity contribution >= 4 is 15.8 Å². The molecule has 2 rings (SSSR count). The van der Waals surface area contributed by atoms with Gasteiger partial charge in [0.2, 0.25) is 9.84 Å². The van der Waals surface area contributed by atoms with Gasteiger partial charge in [0.1, 0.15) is 11.5 Å². The number of phenolic OH excluding ortho intramolecular Hbond substituents is 1. The van der Waals surface area contributed by atoms with Crippen LogP contribution < -0.4 is 4.74 Å². The number of esters is 1. The fourth-order valence-electron chi connectivity index (χ4n) is 2.43. The number of phenols is 1. The number of aromatic hydroxyl groups is 1. The maximum absolute atomic E-state index is 12.9. The number of rotatable bonds is 6. The number of benzene rings is 2. The zero-order chi connectivity index (χ0) is 19.5. The van der Waals surface area contributed by atoms with Gasteiger partial charge < -0.3 is 9.84 Å². The molecule has 0 atom stereocenters. The molecule has 0 amide bonds. The average Bonchev–Trinajstić information content (AvgIpc) is 2.61. The molecule has 0 radical (unpaired) electrons. The molecule has 0 aliphatic rings. The molecule has 5 nitrogen and oxygen atoms in total. The van der Waals surface area contributed by atoms with E-state index in [9.17, 15) is 18.3 Å². The maximum atomic E-state index is 12.9. The molecule has 0 aliphatic carbocycles. The van der Waals surface area contributed by atoms with Gasteiger partial charge in [-0.3, -0.25) is 0 Å². The first-order valence-electron chi connectivity index (χ1n) is 8.28. The van der Waals surface area contributed by atoms with Gasteiger partial charge in [-0.1, -0.05) is 20.4 Å². The minimum atomic E-state index is -3.75. The molecule has 0 bridgehead atoms. The number of carbonyl (C=O) groups is 1. The van der Waals surface area contributed by atoms with Crippen molar-refractivity contribution in [3.8, 4) is 11.5 Å². The summed E-state index contributed by atoms with van der Waals surface area (Å²) in [5, 5.41) is 9.77. The van der Waals surface area contributed by atoms with Gasteiger partial charge in [-0.05, 0) is 67.3 Å². The minimum absolute atomic E-state index is 0.0720. The van der Waals surface area contributed by atoms with Gasteiger partial charge in [0, 0.05) is 5.57 Å². The second-order valence-electron chi connectivity index (χ2n) is 5.94. The van der Waals surface area contributed by atoms with Crippen LogP contribution in [0.5, 0.6) is 11.5 Å². The van der Waals surface area contributed by atoms with Crippen molar-refractivity contribution in [2.24, 2.45) is 0 Å². The number of aryl methyl sites for hydroxylation is 2. The first-order chi connectivity index (χ1) is 12.2. The van der Waals surface area contributed by atoms with E-state index in [-0.39, 0.29) is 21.1 Å². The lowest BCUT2D eigenvalue weighted by molar-refractivity contribution is -0.130. The Balaban J connectivity index is 2.47. The Morgan fingerprint density at radius 3 is 2.12 bits per heavy atom. The van der Waals surface area contributed by atoms with Gasteiger partial charge in [0.25, 0.3) is 0 Å². The van der Waals surface area contributed by atoms with Crippen molar-refractivity contribution in [3.63, 3.8) is 0 Å². The van der Waals surface area contributed by atoms with E-state index in [0.717, 1.165) is 0 Å². The van der Waals surface area contributed by atoms with E-state index in [1.165, 1.54) is 36.4 Å². The van der Waals surface area contributed by atoms with E-state index >= 15 is 0 Å². The summed E-state index contributed by atoms with van der Waals surface area (Å²) in [6.07, 6.45) is 1.02. The van der Waals surface area contributed by atoms with Crippen molar-refractivity contribution in [2.45, 2.75) is 43.4 Å². The van der Waals surface area contributed by atoms with E-state index in [2.05, 4.69) is 6.58 Å². The van der Waals surface area contributed by atoms with Crippen molar-refractivity contribution in [1.29, 1.82) is 0 Å². The van der Waals surface area contributed by atoms with Gasteiger partial charge in [-0.25, -0.2) is 13.2 Å². The van der Waals surface area contributed by atoms with Gasteiger partial charge in [-0.2, -0.15) is 0 Å². The van der Waals surface area contributed by atoms with Crippen LogP contribution >= 0.6 is 0 Å². The third-order valence-electron chi connectivity index (χ3n) is 4.02. The van der Waals surface area contributed by atoms with Gasteiger partial charge in [0.15, 0.2) is 0 Å². The Morgan fingerprint density at radius 2 is 1.58 bits per heavy atom. The highest BCUT2D eigenvalue weighted by Crippen LogP contribution is 2.30. The highest BCUT2D eigenvalue weighted by Gasteiger charge is 2.21. The van der Waals surface area contributed by atoms with Crippen molar-refractivity contribution < 1.29 is 23.1 Å². The zero-order valence-corrected chi connectivity index (χ0v) is 15.9. The van der Waals surface area contributed by atoms with Crippen molar-refractivity contribution in [1.82, 2.24) is 0 Å². The SMILES string of the molecule is C=C(C)C(=O)Oc1ccc(S(=O)(=O)c2ccc(O)c(CC)c2)cc1CC. The quantitative estimate of drug-likeness (QED) is 0.472. The predicted octanol–water partition coefficient (Wildman–Crippen LogP) is 3.83. The molecule has 0 aromatic heterocycles. The Bertz CT molecular complexity index is 958. The highest BCUT2D eigenvalue weighted by molar-refractivity contribution is 7.91. The first-order valence-corrected chi connectivity index (χ1v) is 9.76. The van der Waals surface area contributed by atoms with Gasteiger partial charge in [-0.15, -0.1) is 0 Å². The molecule has 0 spiro atoms. The largest absolute Gasteiger partial charge is 0.508 e. The summed E-state index contributed by atoms with van der Waals surface area (Å²) in [6.45, 7) is 8.77. The Labute approximate surface area is 153 Å². The molecule has 0 saturated carbocycles. The zero-order valence-electron chi connectivity index (χ0n) is 15.1. The molecular weight excluding hydrogens is 352 g/mol. The topological polar surface area (TPSA) is 80.7 Å². The summed E-state index contributed by atoms with van der Waals surface area (Å²) in [5.41, 5.74) is 1.43. The van der Waals surface area contributed by atoms with Crippen LogP contribution in [-0.2, 0) is 27.5 Å². The van der Waals surface area contributed by atoms with Gasteiger partial charge in [0.05, 0.1) is 9.79 Å². The number of sulfone groups is 1. The van der Waals surface area contributed by atoms with E-state index < -0.39 is 15.8 Å². The monoisotopic (exact) mass is 374 g/mol. The Kier molecular flexibility index (Phi) is 5.87. The third kappa shape index (κ3) is 3.96. The lowest BCUT2D eigenvalue weighted by Crippen LogP contribution is -2.10. The fourth-order valence-corrected chi connectivity index (χ4v) is 3.80. The number of hydrogen-bond acceptors (Lipinski definition) is 5. The molecule has 138 valence electrons. The number of ether oxygens (including phenoxy) is 1. The molecule has 0 aliphatic heterocycles. The van der Waals surface area contributed by atoms with Crippen LogP contribution in [0.1, 0.15) is 31.9 Å². The summed E-state index contributed by atoms with van der Waals surface area (Å²) in [5.74, 6) is -0.163. The summed E-state index contributed by atoms with van der Waals surface area (Å²) in [4.78, 5) is 11.9. The molecule has 0 fully saturated rings. The van der Waals surface area contributed by atoms with Crippen LogP contribution in [0, 0.1) is 0 Å². The first kappa shape index (κ1) is 19.7. The summed E-state index contributed by atoms with van der Waals surface area (Å²) >= 11 is 0. The lowest BCUT2D eigenvalue weighted by atomic mass is 10.1. The Hall–Kier alpha value is -2.60. The lowest BCUT2D eigenvalue weighted by Gasteiger charge is -2.12. The van der Waals surface area contributed by atoms with E-state index in [1.807, 2.05) is 13.8 Å². The molecule has 0 unspecified atom stereocenters. The molecule has 26 heavy (non-hydrogen) atoms. The Morgan fingerprint density at radius 1 is 1.04 bits per heavy atom. The van der Waals surface area contributed by atoms with E-state index in [1.54, 1.807) is 6.92 Å². The van der Waals surface area contributed by atoms with Crippen LogP contribution in [0.4, 0.5) is 0 Å². The molecule has 1 N–H and O–H groups in total. The van der Waals surface area contributed by atoms with Crippen molar-refractivity contribution in [3.05, 3.63) is 59.7 Å². The van der Waals surface area contributed by atoms with Crippen LogP contribution in [0.3, 0.4) is 0 Å². The second kappa shape index (κ2) is 7.74. The highest BCUT2D eigenvalue weighted by atomic mass is 32.2. The third-order valence-corrected chi connectivity index (χ3v) is 5.77. The predicted molar refractivity (Wildman–Crippen MR) is 99.2 cm³/mol. The summed E-state index contributed by atoms with van der Waals surface area (Å²) in [7, 11) is -3.75. The standard InChI is InChI=1S/C20H22O5S/c1-5-14-11-16(7-9-18(14)21)26(23,24)17-8-10-19(15(6-2)12-17)25-20(22)13(3)4/h7-12,21H,3,5-6H2,1-2,4H3. The average molecular weight is 374 g/mol. The molecule has 0 heterocycles. The molecule has 6 heteroatoms.